The van der Waals surface area contributed by atoms with Crippen LogP contribution in [-0.4, -0.2) is 41.4 Å². The van der Waals surface area contributed by atoms with Crippen molar-refractivity contribution >= 4 is 33.2 Å². The average Bonchev–Trinajstić information content (AvgIpc) is 2.42. The number of rotatable bonds is 5. The van der Waals surface area contributed by atoms with Crippen LogP contribution < -0.4 is 11.1 Å². The molecule has 3 N–H and O–H groups in total. The summed E-state index contributed by atoms with van der Waals surface area (Å²) in [7, 11) is 0. The van der Waals surface area contributed by atoms with Crippen LogP contribution in [0.5, 0.6) is 0 Å². The van der Waals surface area contributed by atoms with E-state index in [1.165, 1.54) is 12.1 Å². The number of primary amides is 1. The molecule has 0 atom stereocenters. The molecule has 1 saturated heterocycles. The number of amides is 1. The maximum Gasteiger partial charge on any atom is 0.270 e. The third-order valence-corrected chi connectivity index (χ3v) is 4.15. The highest BCUT2D eigenvalue weighted by molar-refractivity contribution is 9.10. The first kappa shape index (κ1) is 15.7. The fraction of sp³-hybridized carbons (Fsp3) is 0.462. The molecule has 21 heavy (non-hydrogen) atoms. The van der Waals surface area contributed by atoms with E-state index in [-0.39, 0.29) is 17.6 Å². The lowest BCUT2D eigenvalue weighted by atomic mass is 10.0. The zero-order chi connectivity index (χ0) is 15.4. The van der Waals surface area contributed by atoms with E-state index >= 15 is 0 Å². The summed E-state index contributed by atoms with van der Waals surface area (Å²) in [5.74, 6) is -0.306. The molecular formula is C13H17BrN4O3. The number of halogens is 1. The summed E-state index contributed by atoms with van der Waals surface area (Å²) in [6, 6.07) is 4.96. The van der Waals surface area contributed by atoms with Crippen molar-refractivity contribution in [2.45, 2.75) is 18.9 Å². The summed E-state index contributed by atoms with van der Waals surface area (Å²) >= 11 is 3.35. The maximum atomic E-state index is 10.9. The lowest BCUT2D eigenvalue weighted by molar-refractivity contribution is -0.384. The monoisotopic (exact) mass is 356 g/mol. The Morgan fingerprint density at radius 3 is 2.67 bits per heavy atom. The highest BCUT2D eigenvalue weighted by Crippen LogP contribution is 2.28. The Morgan fingerprint density at radius 2 is 2.14 bits per heavy atom. The molecular weight excluding hydrogens is 340 g/mol. The summed E-state index contributed by atoms with van der Waals surface area (Å²) in [6.07, 6.45) is 1.80. The summed E-state index contributed by atoms with van der Waals surface area (Å²) in [5, 5.41) is 14.1. The van der Waals surface area contributed by atoms with Crippen molar-refractivity contribution in [3.05, 3.63) is 32.8 Å². The molecule has 0 bridgehead atoms. The summed E-state index contributed by atoms with van der Waals surface area (Å²) in [4.78, 5) is 23.2. The number of likely N-dealkylation sites (tertiary alicyclic amines) is 1. The Bertz CT molecular complexity index is 544. The second-order valence-corrected chi connectivity index (χ2v) is 5.94. The van der Waals surface area contributed by atoms with Gasteiger partial charge in [0.1, 0.15) is 0 Å². The van der Waals surface area contributed by atoms with Crippen molar-refractivity contribution in [1.29, 1.82) is 0 Å². The van der Waals surface area contributed by atoms with Crippen molar-refractivity contribution in [1.82, 2.24) is 4.90 Å². The van der Waals surface area contributed by atoms with E-state index in [1.54, 1.807) is 6.07 Å². The van der Waals surface area contributed by atoms with Gasteiger partial charge >= 0.3 is 0 Å². The Kier molecular flexibility index (Phi) is 5.13. The van der Waals surface area contributed by atoms with E-state index in [9.17, 15) is 14.9 Å². The van der Waals surface area contributed by atoms with Crippen LogP contribution in [0, 0.1) is 10.1 Å². The number of nitrogens with two attached hydrogens (primary N) is 1. The molecule has 1 amide bonds. The van der Waals surface area contributed by atoms with E-state index < -0.39 is 4.92 Å². The van der Waals surface area contributed by atoms with Crippen LogP contribution in [0.3, 0.4) is 0 Å². The number of nitro benzene ring substituents is 1. The number of benzene rings is 1. The number of piperidine rings is 1. The van der Waals surface area contributed by atoms with Crippen LogP contribution in [0.2, 0.25) is 0 Å². The van der Waals surface area contributed by atoms with Gasteiger partial charge < -0.3 is 11.1 Å². The minimum absolute atomic E-state index is 0.0590. The molecule has 7 nitrogen and oxygen atoms in total. The van der Waals surface area contributed by atoms with Gasteiger partial charge in [-0.25, -0.2) is 0 Å². The van der Waals surface area contributed by atoms with Gasteiger partial charge in [-0.2, -0.15) is 0 Å². The van der Waals surface area contributed by atoms with Crippen molar-refractivity contribution in [3.8, 4) is 0 Å². The molecule has 1 heterocycles. The Morgan fingerprint density at radius 1 is 1.48 bits per heavy atom. The molecule has 0 aliphatic carbocycles. The van der Waals surface area contributed by atoms with Crippen LogP contribution in [0.15, 0.2) is 22.7 Å². The molecule has 0 aromatic heterocycles. The molecule has 2 rings (SSSR count). The number of anilines is 1. The highest BCUT2D eigenvalue weighted by atomic mass is 79.9. The van der Waals surface area contributed by atoms with E-state index in [0.717, 1.165) is 31.6 Å². The van der Waals surface area contributed by atoms with Crippen molar-refractivity contribution in [2.24, 2.45) is 5.73 Å². The average molecular weight is 357 g/mol. The van der Waals surface area contributed by atoms with Crippen LogP contribution in [0.1, 0.15) is 12.8 Å². The van der Waals surface area contributed by atoms with Crippen LogP contribution >= 0.6 is 15.9 Å². The van der Waals surface area contributed by atoms with E-state index in [1.807, 2.05) is 4.90 Å². The summed E-state index contributed by atoms with van der Waals surface area (Å²) < 4.78 is 0.677. The number of hydrogen-bond donors (Lipinski definition) is 2. The fourth-order valence-corrected chi connectivity index (χ4v) is 2.89. The Labute approximate surface area is 130 Å². The number of carbonyl (C=O) groups is 1. The molecule has 0 spiro atoms. The second-order valence-electron chi connectivity index (χ2n) is 5.08. The number of hydrogen-bond acceptors (Lipinski definition) is 5. The quantitative estimate of drug-likeness (QED) is 0.617. The van der Waals surface area contributed by atoms with Gasteiger partial charge in [-0.1, -0.05) is 0 Å². The fourth-order valence-electron chi connectivity index (χ4n) is 2.41. The largest absolute Gasteiger partial charge is 0.381 e. The highest BCUT2D eigenvalue weighted by Gasteiger charge is 2.21. The molecule has 0 radical (unpaired) electrons. The first-order chi connectivity index (χ1) is 9.95. The molecule has 1 aromatic rings. The van der Waals surface area contributed by atoms with Crippen LogP contribution in [-0.2, 0) is 4.79 Å². The van der Waals surface area contributed by atoms with E-state index in [0.29, 0.717) is 11.0 Å². The van der Waals surface area contributed by atoms with Gasteiger partial charge in [0.15, 0.2) is 0 Å². The molecule has 8 heteroatoms. The van der Waals surface area contributed by atoms with Gasteiger partial charge in [0.05, 0.1) is 11.5 Å². The molecule has 0 saturated carbocycles. The van der Waals surface area contributed by atoms with Gasteiger partial charge in [0.25, 0.3) is 5.69 Å². The molecule has 114 valence electrons. The van der Waals surface area contributed by atoms with Gasteiger partial charge in [0.2, 0.25) is 5.91 Å². The van der Waals surface area contributed by atoms with Crippen molar-refractivity contribution < 1.29 is 9.72 Å². The van der Waals surface area contributed by atoms with Gasteiger partial charge in [0, 0.05) is 41.4 Å². The van der Waals surface area contributed by atoms with E-state index in [4.69, 9.17) is 5.73 Å². The first-order valence-corrected chi connectivity index (χ1v) is 7.46. The molecule has 1 fully saturated rings. The maximum absolute atomic E-state index is 10.9. The zero-order valence-corrected chi connectivity index (χ0v) is 13.0. The first-order valence-electron chi connectivity index (χ1n) is 6.67. The SMILES string of the molecule is NC(=O)CN1CCC(Nc2ccc([N+](=O)[O-])cc2Br)CC1. The van der Waals surface area contributed by atoms with Gasteiger partial charge in [-0.05, 0) is 34.8 Å². The van der Waals surface area contributed by atoms with Gasteiger partial charge in [-0.15, -0.1) is 0 Å². The minimum Gasteiger partial charge on any atom is -0.381 e. The van der Waals surface area contributed by atoms with Crippen LogP contribution in [0.4, 0.5) is 11.4 Å². The Balaban J connectivity index is 1.91. The minimum atomic E-state index is -0.420. The summed E-state index contributed by atoms with van der Waals surface area (Å²) in [6.45, 7) is 1.92. The lowest BCUT2D eigenvalue weighted by Crippen LogP contribution is -2.42. The number of nitro groups is 1. The normalized spacial score (nSPS) is 16.6. The predicted octanol–water partition coefficient (Wildman–Crippen LogP) is 1.72. The number of non-ortho nitro benzene ring substituents is 1. The third-order valence-electron chi connectivity index (χ3n) is 3.49. The topological polar surface area (TPSA) is 102 Å². The third kappa shape index (κ3) is 4.40. The van der Waals surface area contributed by atoms with Crippen molar-refractivity contribution in [3.63, 3.8) is 0 Å². The predicted molar refractivity (Wildman–Crippen MR) is 83.1 cm³/mol. The number of nitrogens with one attached hydrogen (secondary N) is 1. The zero-order valence-electron chi connectivity index (χ0n) is 11.4. The van der Waals surface area contributed by atoms with Crippen molar-refractivity contribution in [2.75, 3.05) is 25.0 Å². The molecule has 1 aliphatic heterocycles. The number of carbonyl (C=O) groups excluding carboxylic acids is 1. The van der Waals surface area contributed by atoms with Gasteiger partial charge in [-0.3, -0.25) is 19.8 Å². The molecule has 1 aliphatic rings. The second kappa shape index (κ2) is 6.86. The molecule has 0 unspecified atom stereocenters. The summed E-state index contributed by atoms with van der Waals surface area (Å²) in [5.41, 5.74) is 6.08. The standard InChI is InChI=1S/C13H17BrN4O3/c14-11-7-10(18(20)21)1-2-12(11)16-9-3-5-17(6-4-9)8-13(15)19/h1-2,7,9,16H,3-6,8H2,(H2,15,19). The smallest absolute Gasteiger partial charge is 0.270 e. The van der Waals surface area contributed by atoms with E-state index in [2.05, 4.69) is 21.2 Å². The van der Waals surface area contributed by atoms with Crippen LogP contribution in [0.25, 0.3) is 0 Å². The lowest BCUT2D eigenvalue weighted by Gasteiger charge is -2.32. The number of nitrogens with zero attached hydrogens (tertiary/aromatic N) is 2. The molecule has 1 aromatic carbocycles. The Hall–Kier alpha value is -1.67.